The summed E-state index contributed by atoms with van der Waals surface area (Å²) in [5.41, 5.74) is 2.05. The molecule has 0 bridgehead atoms. The number of amides is 2. The van der Waals surface area contributed by atoms with Crippen LogP contribution in [0.25, 0.3) is 0 Å². The van der Waals surface area contributed by atoms with Gasteiger partial charge in [-0.25, -0.2) is 8.42 Å². The van der Waals surface area contributed by atoms with Crippen LogP contribution in [0.4, 0.5) is 5.00 Å². The Balaban J connectivity index is 1.59. The van der Waals surface area contributed by atoms with Crippen LogP contribution in [0.15, 0.2) is 29.2 Å². The number of hydrogen-bond acceptors (Lipinski definition) is 6. The number of nitrogens with one attached hydrogen (secondary N) is 1. The van der Waals surface area contributed by atoms with Crippen LogP contribution in [0.3, 0.4) is 0 Å². The Labute approximate surface area is 250 Å². The predicted octanol–water partition coefficient (Wildman–Crippen LogP) is 5.70. The van der Waals surface area contributed by atoms with Gasteiger partial charge < -0.3 is 10.2 Å². The SMILES string of the molecule is CCCN1CCc2c(sc(NC(=O)c3ccc(S(=O)(=O)N4CC(C)CC(C)C4)cc3)c2C(=O)N(CCC)CCC)C1. The molecule has 0 spiro atoms. The number of rotatable bonds is 11. The van der Waals surface area contributed by atoms with Crippen molar-refractivity contribution in [2.45, 2.75) is 78.2 Å². The molecule has 0 aliphatic carbocycles. The third-order valence-electron chi connectivity index (χ3n) is 7.98. The Bertz CT molecular complexity index is 1310. The molecule has 3 heterocycles. The number of anilines is 1. The molecule has 1 aromatic carbocycles. The Morgan fingerprint density at radius 2 is 1.63 bits per heavy atom. The van der Waals surface area contributed by atoms with Gasteiger partial charge in [-0.15, -0.1) is 11.3 Å². The summed E-state index contributed by atoms with van der Waals surface area (Å²) in [5, 5.41) is 3.63. The normalized spacial score (nSPS) is 20.0. The standard InChI is InChI=1S/C31H46N4O4S2/c1-6-14-33-17-13-26-27(21-33)40-30(28(26)31(37)34(15-7-2)16-8-3)32-29(36)24-9-11-25(12-10-24)41(38,39)35-19-22(4)18-23(5)20-35/h9-12,22-23H,6-8,13-21H2,1-5H3,(H,32,36). The van der Waals surface area contributed by atoms with Gasteiger partial charge in [-0.05, 0) is 80.3 Å². The quantitative estimate of drug-likeness (QED) is 0.357. The maximum absolute atomic E-state index is 13.9. The second-order valence-electron chi connectivity index (χ2n) is 11.8. The first-order valence-corrected chi connectivity index (χ1v) is 17.4. The number of nitrogens with zero attached hydrogens (tertiary/aromatic N) is 3. The largest absolute Gasteiger partial charge is 0.339 e. The smallest absolute Gasteiger partial charge is 0.257 e. The summed E-state index contributed by atoms with van der Waals surface area (Å²) in [6.07, 6.45) is 4.61. The summed E-state index contributed by atoms with van der Waals surface area (Å²) in [6, 6.07) is 6.17. The molecule has 1 fully saturated rings. The Morgan fingerprint density at radius 3 is 2.22 bits per heavy atom. The minimum atomic E-state index is -3.63. The van der Waals surface area contributed by atoms with Crippen molar-refractivity contribution in [3.05, 3.63) is 45.8 Å². The number of sulfonamides is 1. The van der Waals surface area contributed by atoms with E-state index in [0.717, 1.165) is 62.2 Å². The van der Waals surface area contributed by atoms with Gasteiger partial charge in [0.05, 0.1) is 10.5 Å². The molecule has 1 saturated heterocycles. The molecule has 1 aromatic heterocycles. The number of benzene rings is 1. The van der Waals surface area contributed by atoms with Gasteiger partial charge in [0.15, 0.2) is 0 Å². The van der Waals surface area contributed by atoms with Crippen LogP contribution in [0.5, 0.6) is 0 Å². The lowest BCUT2D eigenvalue weighted by Gasteiger charge is -2.34. The van der Waals surface area contributed by atoms with Gasteiger partial charge in [-0.1, -0.05) is 34.6 Å². The second kappa shape index (κ2) is 13.8. The van der Waals surface area contributed by atoms with E-state index in [4.69, 9.17) is 0 Å². The third-order valence-corrected chi connectivity index (χ3v) is 11.0. The zero-order valence-electron chi connectivity index (χ0n) is 25.2. The third kappa shape index (κ3) is 7.21. The van der Waals surface area contributed by atoms with Crippen LogP contribution < -0.4 is 5.32 Å². The number of carbonyl (C=O) groups excluding carboxylic acids is 2. The molecule has 0 saturated carbocycles. The van der Waals surface area contributed by atoms with E-state index in [1.165, 1.54) is 23.5 Å². The minimum Gasteiger partial charge on any atom is -0.339 e. The summed E-state index contributed by atoms with van der Waals surface area (Å²) in [5.74, 6) is 0.264. The lowest BCUT2D eigenvalue weighted by atomic mass is 9.94. The average molecular weight is 603 g/mol. The number of piperidine rings is 1. The molecule has 2 unspecified atom stereocenters. The molecule has 10 heteroatoms. The van der Waals surface area contributed by atoms with Crippen LogP contribution in [-0.2, 0) is 23.0 Å². The number of thiophene rings is 1. The first-order chi connectivity index (χ1) is 19.6. The molecule has 2 aliphatic rings. The van der Waals surface area contributed by atoms with E-state index in [1.807, 2.05) is 4.90 Å². The summed E-state index contributed by atoms with van der Waals surface area (Å²) >= 11 is 1.50. The molecule has 0 radical (unpaired) electrons. The highest BCUT2D eigenvalue weighted by atomic mass is 32.2. The van der Waals surface area contributed by atoms with Gasteiger partial charge in [0.25, 0.3) is 11.8 Å². The van der Waals surface area contributed by atoms with Crippen molar-refractivity contribution in [3.63, 3.8) is 0 Å². The Hall–Kier alpha value is -2.27. The van der Waals surface area contributed by atoms with Crippen molar-refractivity contribution in [1.29, 1.82) is 0 Å². The second-order valence-corrected chi connectivity index (χ2v) is 14.8. The van der Waals surface area contributed by atoms with E-state index in [-0.39, 0.29) is 16.7 Å². The highest BCUT2D eigenvalue weighted by Crippen LogP contribution is 2.38. The Morgan fingerprint density at radius 1 is 1.00 bits per heavy atom. The van der Waals surface area contributed by atoms with Crippen LogP contribution in [0, 0.1) is 11.8 Å². The molecule has 41 heavy (non-hydrogen) atoms. The van der Waals surface area contributed by atoms with E-state index in [1.54, 1.807) is 16.4 Å². The fraction of sp³-hybridized carbons (Fsp3) is 0.613. The van der Waals surface area contributed by atoms with Crippen LogP contribution in [0.1, 0.15) is 91.5 Å². The van der Waals surface area contributed by atoms with E-state index in [9.17, 15) is 18.0 Å². The topological polar surface area (TPSA) is 90.0 Å². The number of hydrogen-bond donors (Lipinski definition) is 1. The zero-order chi connectivity index (χ0) is 29.7. The van der Waals surface area contributed by atoms with E-state index in [0.29, 0.717) is 54.1 Å². The highest BCUT2D eigenvalue weighted by Gasteiger charge is 2.33. The first-order valence-electron chi connectivity index (χ1n) is 15.2. The molecular weight excluding hydrogens is 556 g/mol. The van der Waals surface area contributed by atoms with Crippen molar-refractivity contribution in [3.8, 4) is 0 Å². The molecule has 1 N–H and O–H groups in total. The van der Waals surface area contributed by atoms with Gasteiger partial charge >= 0.3 is 0 Å². The molecule has 2 amide bonds. The Kier molecular flexibility index (Phi) is 10.7. The predicted molar refractivity (Wildman–Crippen MR) is 166 cm³/mol. The lowest BCUT2D eigenvalue weighted by Crippen LogP contribution is -2.42. The lowest BCUT2D eigenvalue weighted by molar-refractivity contribution is 0.0755. The maximum atomic E-state index is 13.9. The molecule has 4 rings (SSSR count). The summed E-state index contributed by atoms with van der Waals surface area (Å²) in [6.45, 7) is 15.5. The van der Waals surface area contributed by atoms with Gasteiger partial charge in [0, 0.05) is 49.7 Å². The monoisotopic (exact) mass is 602 g/mol. The molecule has 8 nitrogen and oxygen atoms in total. The van der Waals surface area contributed by atoms with E-state index < -0.39 is 10.0 Å². The van der Waals surface area contributed by atoms with Gasteiger partial charge in [0.2, 0.25) is 10.0 Å². The fourth-order valence-electron chi connectivity index (χ4n) is 6.20. The first kappa shape index (κ1) is 31.7. The molecule has 2 aromatic rings. The van der Waals surface area contributed by atoms with Crippen LogP contribution in [-0.4, -0.2) is 73.6 Å². The molecular formula is C31H46N4O4S2. The maximum Gasteiger partial charge on any atom is 0.257 e. The summed E-state index contributed by atoms with van der Waals surface area (Å²) in [4.78, 5) is 32.9. The van der Waals surface area contributed by atoms with E-state index >= 15 is 0 Å². The van der Waals surface area contributed by atoms with Gasteiger partial charge in [-0.2, -0.15) is 4.31 Å². The van der Waals surface area contributed by atoms with Crippen molar-refractivity contribution in [2.24, 2.45) is 11.8 Å². The van der Waals surface area contributed by atoms with Crippen LogP contribution >= 0.6 is 11.3 Å². The molecule has 2 atom stereocenters. The number of carbonyl (C=O) groups is 2. The van der Waals surface area contributed by atoms with Crippen molar-refractivity contribution >= 4 is 38.2 Å². The summed E-state index contributed by atoms with van der Waals surface area (Å²) in [7, 11) is -3.63. The molecule has 226 valence electrons. The van der Waals surface area contributed by atoms with Crippen molar-refractivity contribution < 1.29 is 18.0 Å². The highest BCUT2D eigenvalue weighted by molar-refractivity contribution is 7.89. The summed E-state index contributed by atoms with van der Waals surface area (Å²) < 4.78 is 28.2. The number of fused-ring (bicyclic) bond motifs is 1. The van der Waals surface area contributed by atoms with Gasteiger partial charge in [0.1, 0.15) is 5.00 Å². The fourth-order valence-corrected chi connectivity index (χ4v) is 9.15. The van der Waals surface area contributed by atoms with Crippen molar-refractivity contribution in [1.82, 2.24) is 14.1 Å². The van der Waals surface area contributed by atoms with E-state index in [2.05, 4.69) is 44.8 Å². The zero-order valence-corrected chi connectivity index (χ0v) is 26.9. The molecule has 2 aliphatic heterocycles. The van der Waals surface area contributed by atoms with Crippen molar-refractivity contribution in [2.75, 3.05) is 44.6 Å². The minimum absolute atomic E-state index is 0.0168. The van der Waals surface area contributed by atoms with Gasteiger partial charge in [-0.3, -0.25) is 14.5 Å². The van der Waals surface area contributed by atoms with Crippen LogP contribution in [0.2, 0.25) is 0 Å². The average Bonchev–Trinajstić information content (AvgIpc) is 3.29.